The standard InChI is InChI=1S/C24H16BrClN4OS/c1-32-20-4-2-3-19(13-20)29-14-21-22(28-29)27-23(15-5-7-16(25)8-6-15)30(24(21)31)18-11-9-17(26)10-12-18/h2-14H,1H3. The molecule has 0 aliphatic heterocycles. The average molecular weight is 524 g/mol. The summed E-state index contributed by atoms with van der Waals surface area (Å²) in [4.78, 5) is 19.6. The first kappa shape index (κ1) is 21.0. The molecule has 0 fully saturated rings. The third kappa shape index (κ3) is 3.88. The molecule has 2 heterocycles. The van der Waals surface area contributed by atoms with Crippen molar-refractivity contribution in [2.75, 3.05) is 6.26 Å². The summed E-state index contributed by atoms with van der Waals surface area (Å²) < 4.78 is 4.25. The van der Waals surface area contributed by atoms with Gasteiger partial charge in [-0.15, -0.1) is 16.9 Å². The fourth-order valence-electron chi connectivity index (χ4n) is 3.47. The van der Waals surface area contributed by atoms with Crippen LogP contribution in [0.5, 0.6) is 0 Å². The van der Waals surface area contributed by atoms with Crippen LogP contribution in [0.15, 0.2) is 93.2 Å². The molecule has 0 spiro atoms. The first-order valence-electron chi connectivity index (χ1n) is 9.72. The van der Waals surface area contributed by atoms with Gasteiger partial charge >= 0.3 is 0 Å². The molecule has 32 heavy (non-hydrogen) atoms. The van der Waals surface area contributed by atoms with Gasteiger partial charge in [0, 0.05) is 26.2 Å². The molecule has 3 aromatic carbocycles. The summed E-state index contributed by atoms with van der Waals surface area (Å²) in [6, 6.07) is 22.8. The summed E-state index contributed by atoms with van der Waals surface area (Å²) in [5.41, 5.74) is 2.57. The van der Waals surface area contributed by atoms with E-state index < -0.39 is 0 Å². The molecule has 0 bridgehead atoms. The van der Waals surface area contributed by atoms with Crippen LogP contribution in [0.4, 0.5) is 0 Å². The molecule has 0 aliphatic carbocycles. The van der Waals surface area contributed by atoms with Gasteiger partial charge in [0.25, 0.3) is 5.56 Å². The summed E-state index contributed by atoms with van der Waals surface area (Å²) in [6.07, 6.45) is 3.76. The van der Waals surface area contributed by atoms with Gasteiger partial charge in [-0.05, 0) is 60.9 Å². The van der Waals surface area contributed by atoms with Gasteiger partial charge in [0.15, 0.2) is 5.65 Å². The zero-order valence-electron chi connectivity index (χ0n) is 16.9. The molecule has 8 heteroatoms. The zero-order chi connectivity index (χ0) is 22.2. The van der Waals surface area contributed by atoms with Gasteiger partial charge in [-0.2, -0.15) is 0 Å². The smallest absolute Gasteiger partial charge is 0.268 e. The molecule has 0 aliphatic rings. The van der Waals surface area contributed by atoms with E-state index in [0.29, 0.717) is 27.6 Å². The largest absolute Gasteiger partial charge is 0.269 e. The summed E-state index contributed by atoms with van der Waals surface area (Å²) in [5.74, 6) is 0.514. The van der Waals surface area contributed by atoms with Crippen LogP contribution < -0.4 is 5.56 Å². The minimum absolute atomic E-state index is 0.192. The van der Waals surface area contributed by atoms with E-state index in [1.54, 1.807) is 39.3 Å². The van der Waals surface area contributed by atoms with Crippen LogP contribution in [-0.2, 0) is 0 Å². The quantitative estimate of drug-likeness (QED) is 0.257. The minimum atomic E-state index is -0.192. The van der Waals surface area contributed by atoms with Crippen molar-refractivity contribution in [2.24, 2.45) is 0 Å². The van der Waals surface area contributed by atoms with Crippen molar-refractivity contribution in [3.05, 3.63) is 98.8 Å². The van der Waals surface area contributed by atoms with E-state index >= 15 is 0 Å². The van der Waals surface area contributed by atoms with Gasteiger partial charge in [0.2, 0.25) is 0 Å². The summed E-state index contributed by atoms with van der Waals surface area (Å²) in [7, 11) is 0. The highest BCUT2D eigenvalue weighted by Gasteiger charge is 2.17. The van der Waals surface area contributed by atoms with Gasteiger partial charge in [0.05, 0.1) is 11.4 Å². The molecule has 5 rings (SSSR count). The fraction of sp³-hybridized carbons (Fsp3) is 0.0417. The molecule has 0 unspecified atom stereocenters. The lowest BCUT2D eigenvalue weighted by molar-refractivity contribution is 0.884. The normalized spacial score (nSPS) is 11.2. The van der Waals surface area contributed by atoms with E-state index in [2.05, 4.69) is 21.0 Å². The number of fused-ring (bicyclic) bond motifs is 1. The van der Waals surface area contributed by atoms with Crippen molar-refractivity contribution in [3.63, 3.8) is 0 Å². The number of nitrogens with zero attached hydrogens (tertiary/aromatic N) is 4. The third-order valence-electron chi connectivity index (χ3n) is 5.06. The number of aromatic nitrogens is 4. The van der Waals surface area contributed by atoms with Crippen LogP contribution in [0, 0.1) is 0 Å². The molecule has 2 aromatic heterocycles. The van der Waals surface area contributed by atoms with E-state index in [4.69, 9.17) is 16.6 Å². The second-order valence-corrected chi connectivity index (χ2v) is 9.30. The van der Waals surface area contributed by atoms with Gasteiger partial charge in [-0.3, -0.25) is 9.36 Å². The number of rotatable bonds is 4. The van der Waals surface area contributed by atoms with Crippen LogP contribution in [0.1, 0.15) is 0 Å². The summed E-state index contributed by atoms with van der Waals surface area (Å²) in [6.45, 7) is 0. The Morgan fingerprint density at radius 1 is 0.969 bits per heavy atom. The Morgan fingerprint density at radius 2 is 1.72 bits per heavy atom. The van der Waals surface area contributed by atoms with Gasteiger partial charge in [-0.1, -0.05) is 45.7 Å². The Morgan fingerprint density at radius 3 is 2.44 bits per heavy atom. The number of hydrogen-bond acceptors (Lipinski definition) is 4. The molecule has 158 valence electrons. The molecule has 0 saturated heterocycles. The lowest BCUT2D eigenvalue weighted by Gasteiger charge is -2.12. The maximum absolute atomic E-state index is 13.7. The molecule has 0 N–H and O–H groups in total. The minimum Gasteiger partial charge on any atom is -0.268 e. The Balaban J connectivity index is 1.78. The van der Waals surface area contributed by atoms with Gasteiger partial charge in [-0.25, -0.2) is 9.67 Å². The summed E-state index contributed by atoms with van der Waals surface area (Å²) in [5, 5.41) is 5.66. The van der Waals surface area contributed by atoms with Crippen molar-refractivity contribution in [1.82, 2.24) is 19.3 Å². The number of halogens is 2. The second-order valence-electron chi connectivity index (χ2n) is 7.07. The molecule has 5 aromatic rings. The van der Waals surface area contributed by atoms with Crippen LogP contribution in [-0.4, -0.2) is 25.6 Å². The number of thioether (sulfide) groups is 1. The lowest BCUT2D eigenvalue weighted by atomic mass is 10.2. The van der Waals surface area contributed by atoms with Crippen LogP contribution in [0.2, 0.25) is 5.02 Å². The molecule has 0 radical (unpaired) electrons. The average Bonchev–Trinajstić information content (AvgIpc) is 3.25. The van der Waals surface area contributed by atoms with E-state index in [9.17, 15) is 4.79 Å². The predicted octanol–water partition coefficient (Wildman–Crippen LogP) is 6.38. The van der Waals surface area contributed by atoms with Crippen LogP contribution in [0.25, 0.3) is 33.8 Å². The van der Waals surface area contributed by atoms with E-state index in [-0.39, 0.29) is 5.56 Å². The topological polar surface area (TPSA) is 52.7 Å². The Labute approximate surface area is 201 Å². The highest BCUT2D eigenvalue weighted by Crippen LogP contribution is 2.25. The van der Waals surface area contributed by atoms with E-state index in [1.165, 1.54) is 0 Å². The van der Waals surface area contributed by atoms with Crippen LogP contribution >= 0.6 is 39.3 Å². The predicted molar refractivity (Wildman–Crippen MR) is 134 cm³/mol. The fourth-order valence-corrected chi connectivity index (χ4v) is 4.32. The maximum atomic E-state index is 13.7. The van der Waals surface area contributed by atoms with Gasteiger partial charge in [0.1, 0.15) is 11.2 Å². The lowest BCUT2D eigenvalue weighted by Crippen LogP contribution is -2.21. The third-order valence-corrected chi connectivity index (χ3v) is 6.56. The molecule has 0 saturated carbocycles. The van der Waals surface area contributed by atoms with Crippen LogP contribution in [0.3, 0.4) is 0 Å². The number of hydrogen-bond donors (Lipinski definition) is 0. The molecular weight excluding hydrogens is 508 g/mol. The summed E-state index contributed by atoms with van der Waals surface area (Å²) >= 11 is 11.2. The van der Waals surface area contributed by atoms with Gasteiger partial charge < -0.3 is 0 Å². The molecule has 0 amide bonds. The van der Waals surface area contributed by atoms with Crippen molar-refractivity contribution in [2.45, 2.75) is 4.90 Å². The van der Waals surface area contributed by atoms with Crippen molar-refractivity contribution >= 4 is 50.3 Å². The first-order valence-corrected chi connectivity index (χ1v) is 12.1. The van der Waals surface area contributed by atoms with E-state index in [0.717, 1.165) is 20.6 Å². The highest BCUT2D eigenvalue weighted by molar-refractivity contribution is 9.10. The van der Waals surface area contributed by atoms with Crippen molar-refractivity contribution < 1.29 is 0 Å². The molecule has 0 atom stereocenters. The Hall–Kier alpha value is -2.87. The van der Waals surface area contributed by atoms with E-state index in [1.807, 2.05) is 66.9 Å². The van der Waals surface area contributed by atoms with Crippen molar-refractivity contribution in [1.29, 1.82) is 0 Å². The zero-order valence-corrected chi connectivity index (χ0v) is 20.0. The first-order chi connectivity index (χ1) is 15.5. The second kappa shape index (κ2) is 8.58. The highest BCUT2D eigenvalue weighted by atomic mass is 79.9. The maximum Gasteiger partial charge on any atom is 0.269 e. The molecule has 5 nitrogen and oxygen atoms in total. The Kier molecular flexibility index (Phi) is 5.63. The molecular formula is C24H16BrClN4OS. The Bertz CT molecular complexity index is 1490. The van der Waals surface area contributed by atoms with Crippen molar-refractivity contribution in [3.8, 4) is 22.8 Å². The SMILES string of the molecule is CSc1cccc(-n2cc3c(=O)n(-c4ccc(Cl)cc4)c(-c4ccc(Br)cc4)nc3n2)c1. The number of benzene rings is 3. The monoisotopic (exact) mass is 522 g/mol.